The fourth-order valence-corrected chi connectivity index (χ4v) is 5.36. The number of carbonyl (C=O) groups excluding carboxylic acids is 1. The first kappa shape index (κ1) is 26.4. The van der Waals surface area contributed by atoms with E-state index in [0.29, 0.717) is 30.4 Å². The van der Waals surface area contributed by atoms with Gasteiger partial charge in [0.15, 0.2) is 6.61 Å². The molecular weight excluding hydrogens is 492 g/mol. The van der Waals surface area contributed by atoms with Crippen molar-refractivity contribution in [1.82, 2.24) is 4.31 Å². The van der Waals surface area contributed by atoms with Gasteiger partial charge in [-0.25, -0.2) is 8.42 Å². The predicted octanol–water partition coefficient (Wildman–Crippen LogP) is 5.79. The van der Waals surface area contributed by atoms with Crippen LogP contribution < -0.4 is 10.1 Å². The molecule has 0 spiro atoms. The Hall–Kier alpha value is -1.90. The molecule has 0 bridgehead atoms. The van der Waals surface area contributed by atoms with E-state index < -0.39 is 10.0 Å². The number of nitrogens with zero attached hydrogens (tertiary/aromatic N) is 1. The predicted molar refractivity (Wildman–Crippen MR) is 133 cm³/mol. The van der Waals surface area contributed by atoms with E-state index in [4.69, 9.17) is 4.74 Å². The molecule has 0 fully saturated rings. The normalized spacial score (nSPS) is 12.6. The average molecular weight is 526 g/mol. The van der Waals surface area contributed by atoms with Crippen LogP contribution in [0.1, 0.15) is 58.4 Å². The Balaban J connectivity index is 1.98. The monoisotopic (exact) mass is 524 g/mol. The van der Waals surface area contributed by atoms with E-state index in [1.165, 1.54) is 22.0 Å². The van der Waals surface area contributed by atoms with Crippen LogP contribution in [0.3, 0.4) is 0 Å². The molecule has 0 saturated heterocycles. The van der Waals surface area contributed by atoms with E-state index in [2.05, 4.69) is 35.1 Å². The third-order valence-corrected chi connectivity index (χ3v) is 7.75. The van der Waals surface area contributed by atoms with E-state index in [0.717, 1.165) is 23.7 Å². The molecule has 176 valence electrons. The van der Waals surface area contributed by atoms with Gasteiger partial charge < -0.3 is 10.1 Å². The largest absolute Gasteiger partial charge is 0.483 e. The lowest BCUT2D eigenvalue weighted by molar-refractivity contribution is -0.118. The first-order valence-corrected chi connectivity index (χ1v) is 13.3. The molecule has 6 nitrogen and oxygen atoms in total. The zero-order valence-corrected chi connectivity index (χ0v) is 21.6. The Kier molecular flexibility index (Phi) is 10.2. The molecule has 1 amide bonds. The number of anilines is 1. The molecule has 2 aromatic carbocycles. The molecule has 2 aromatic rings. The van der Waals surface area contributed by atoms with Gasteiger partial charge in [0.1, 0.15) is 5.75 Å². The average Bonchev–Trinajstić information content (AvgIpc) is 2.77. The van der Waals surface area contributed by atoms with E-state index in [-0.39, 0.29) is 17.4 Å². The summed E-state index contributed by atoms with van der Waals surface area (Å²) in [6.07, 6.45) is 2.55. The van der Waals surface area contributed by atoms with Crippen LogP contribution in [0.4, 0.5) is 5.69 Å². The van der Waals surface area contributed by atoms with Gasteiger partial charge in [-0.1, -0.05) is 33.8 Å². The first-order chi connectivity index (χ1) is 15.2. The number of rotatable bonds is 12. The third kappa shape index (κ3) is 7.05. The smallest absolute Gasteiger partial charge is 0.262 e. The summed E-state index contributed by atoms with van der Waals surface area (Å²) in [4.78, 5) is 12.5. The van der Waals surface area contributed by atoms with Gasteiger partial charge in [-0.2, -0.15) is 4.31 Å². The van der Waals surface area contributed by atoms with E-state index in [1.807, 2.05) is 32.0 Å². The summed E-state index contributed by atoms with van der Waals surface area (Å²) in [7, 11) is -3.54. The molecule has 1 N–H and O–H groups in total. The van der Waals surface area contributed by atoms with Crippen LogP contribution in [-0.4, -0.2) is 38.3 Å². The molecule has 0 radical (unpaired) electrons. The Morgan fingerprint density at radius 3 is 2.22 bits per heavy atom. The fraction of sp³-hybridized carbons (Fsp3) is 0.458. The molecule has 2 rings (SSSR count). The molecule has 1 unspecified atom stereocenters. The molecule has 8 heteroatoms. The van der Waals surface area contributed by atoms with Crippen LogP contribution in [0.5, 0.6) is 5.75 Å². The van der Waals surface area contributed by atoms with Crippen molar-refractivity contribution >= 4 is 37.5 Å². The molecular formula is C24H33BrN2O4S. The topological polar surface area (TPSA) is 75.7 Å². The van der Waals surface area contributed by atoms with Crippen LogP contribution >= 0.6 is 15.9 Å². The highest BCUT2D eigenvalue weighted by atomic mass is 79.9. The Labute approximate surface area is 200 Å². The summed E-state index contributed by atoms with van der Waals surface area (Å²) < 4.78 is 33.6. The zero-order chi connectivity index (χ0) is 23.7. The number of sulfonamides is 1. The molecule has 0 aromatic heterocycles. The highest BCUT2D eigenvalue weighted by Gasteiger charge is 2.22. The van der Waals surface area contributed by atoms with Crippen LogP contribution in [0.2, 0.25) is 0 Å². The second kappa shape index (κ2) is 12.4. The number of nitrogens with one attached hydrogen (secondary N) is 1. The van der Waals surface area contributed by atoms with Crippen molar-refractivity contribution < 1.29 is 17.9 Å². The Bertz CT molecular complexity index is 988. The number of halogens is 1. The molecule has 0 aliphatic carbocycles. The van der Waals surface area contributed by atoms with Crippen molar-refractivity contribution in [3.8, 4) is 5.75 Å². The zero-order valence-electron chi connectivity index (χ0n) is 19.2. The maximum atomic E-state index is 12.8. The van der Waals surface area contributed by atoms with Gasteiger partial charge in [0, 0.05) is 18.8 Å². The Morgan fingerprint density at radius 2 is 1.69 bits per heavy atom. The van der Waals surface area contributed by atoms with Crippen molar-refractivity contribution in [1.29, 1.82) is 0 Å². The standard InChI is InChI=1S/C24H33BrN2O4S/c1-5-14-27(15-6-2)32(29,30)21-11-9-20(10-12-21)26-24(28)17-31-23-13-8-19(16-22(23)25)18(4)7-3/h8-13,16,18H,5-7,14-15,17H2,1-4H3,(H,26,28). The van der Waals surface area contributed by atoms with Crippen molar-refractivity contribution in [2.75, 3.05) is 25.0 Å². The number of carbonyl (C=O) groups is 1. The summed E-state index contributed by atoms with van der Waals surface area (Å²) in [5, 5.41) is 2.74. The van der Waals surface area contributed by atoms with Gasteiger partial charge in [0.2, 0.25) is 10.0 Å². The minimum Gasteiger partial charge on any atom is -0.483 e. The number of hydrogen-bond acceptors (Lipinski definition) is 4. The third-order valence-electron chi connectivity index (χ3n) is 5.22. The highest BCUT2D eigenvalue weighted by molar-refractivity contribution is 9.10. The molecule has 1 atom stereocenters. The second-order valence-electron chi connectivity index (χ2n) is 7.76. The maximum Gasteiger partial charge on any atom is 0.262 e. The SMILES string of the molecule is CCCN(CCC)S(=O)(=O)c1ccc(NC(=O)COc2ccc(C(C)CC)cc2Br)cc1. The number of benzene rings is 2. The molecule has 0 saturated carbocycles. The van der Waals surface area contributed by atoms with Gasteiger partial charge in [-0.05, 0) is 83.1 Å². The van der Waals surface area contributed by atoms with Gasteiger partial charge in [0.05, 0.1) is 9.37 Å². The maximum absolute atomic E-state index is 12.8. The molecule has 0 aliphatic heterocycles. The number of amides is 1. The summed E-state index contributed by atoms with van der Waals surface area (Å²) in [5.41, 5.74) is 1.73. The van der Waals surface area contributed by atoms with Crippen molar-refractivity contribution in [3.05, 3.63) is 52.5 Å². The summed E-state index contributed by atoms with van der Waals surface area (Å²) in [6, 6.07) is 12.1. The molecule has 0 heterocycles. The minimum absolute atomic E-state index is 0.151. The second-order valence-corrected chi connectivity index (χ2v) is 10.6. The fourth-order valence-electron chi connectivity index (χ4n) is 3.23. The van der Waals surface area contributed by atoms with Crippen molar-refractivity contribution in [2.24, 2.45) is 0 Å². The molecule has 32 heavy (non-hydrogen) atoms. The van der Waals surface area contributed by atoms with Gasteiger partial charge in [-0.15, -0.1) is 0 Å². The first-order valence-electron chi connectivity index (χ1n) is 11.0. The van der Waals surface area contributed by atoms with Crippen LogP contribution in [0.25, 0.3) is 0 Å². The summed E-state index contributed by atoms with van der Waals surface area (Å²) in [5.74, 6) is 0.726. The van der Waals surface area contributed by atoms with Gasteiger partial charge >= 0.3 is 0 Å². The Morgan fingerprint density at radius 1 is 1.06 bits per heavy atom. The van der Waals surface area contributed by atoms with E-state index in [9.17, 15) is 13.2 Å². The van der Waals surface area contributed by atoms with Crippen LogP contribution in [0, 0.1) is 0 Å². The summed E-state index contributed by atoms with van der Waals surface area (Å²) in [6.45, 7) is 9.04. The lowest BCUT2D eigenvalue weighted by Gasteiger charge is -2.21. The molecule has 0 aliphatic rings. The van der Waals surface area contributed by atoms with E-state index in [1.54, 1.807) is 12.1 Å². The highest BCUT2D eigenvalue weighted by Crippen LogP contribution is 2.30. The number of ether oxygens (including phenoxy) is 1. The summed E-state index contributed by atoms with van der Waals surface area (Å²) >= 11 is 3.50. The van der Waals surface area contributed by atoms with Crippen molar-refractivity contribution in [2.45, 2.75) is 57.8 Å². The van der Waals surface area contributed by atoms with E-state index >= 15 is 0 Å². The van der Waals surface area contributed by atoms with Crippen LogP contribution in [-0.2, 0) is 14.8 Å². The number of hydrogen-bond donors (Lipinski definition) is 1. The minimum atomic E-state index is -3.54. The van der Waals surface area contributed by atoms with Gasteiger partial charge in [0.25, 0.3) is 5.91 Å². The van der Waals surface area contributed by atoms with Crippen molar-refractivity contribution in [3.63, 3.8) is 0 Å². The van der Waals surface area contributed by atoms with Crippen LogP contribution in [0.15, 0.2) is 51.8 Å². The lowest BCUT2D eigenvalue weighted by Crippen LogP contribution is -2.32. The van der Waals surface area contributed by atoms with Gasteiger partial charge in [-0.3, -0.25) is 4.79 Å². The lowest BCUT2D eigenvalue weighted by atomic mass is 9.99. The quantitative estimate of drug-likeness (QED) is 0.381.